The Labute approximate surface area is 88.3 Å². The van der Waals surface area contributed by atoms with E-state index in [9.17, 15) is 10.1 Å². The fourth-order valence-electron chi connectivity index (χ4n) is 0.787. The first-order valence-electron chi connectivity index (χ1n) is 3.37. The summed E-state index contributed by atoms with van der Waals surface area (Å²) >= 11 is 8.52. The molecular weight excluding hydrogens is 257 g/mol. The molecule has 0 bridgehead atoms. The maximum absolute atomic E-state index is 10.2. The van der Waals surface area contributed by atoms with Gasteiger partial charge >= 0.3 is 4.61 Å². The topological polar surface area (TPSA) is 43.1 Å². The van der Waals surface area contributed by atoms with E-state index in [0.29, 0.717) is 10.6 Å². The lowest BCUT2D eigenvalue weighted by Gasteiger charge is -1.93. The number of rotatable bonds is 2. The summed E-state index contributed by atoms with van der Waals surface area (Å²) in [4.78, 5) is 9.73. The number of hydrogen-bond acceptors (Lipinski definition) is 2. The molecule has 0 aromatic heterocycles. The Balaban J connectivity index is 2.97. The van der Waals surface area contributed by atoms with Crippen molar-refractivity contribution in [1.29, 1.82) is 0 Å². The molecule has 13 heavy (non-hydrogen) atoms. The van der Waals surface area contributed by atoms with Crippen LogP contribution in [0, 0.1) is 10.1 Å². The van der Waals surface area contributed by atoms with Crippen LogP contribution in [0.5, 0.6) is 0 Å². The molecule has 1 aromatic rings. The molecule has 0 amide bonds. The third-order valence-corrected chi connectivity index (χ3v) is 2.06. The molecule has 0 aliphatic heterocycles. The van der Waals surface area contributed by atoms with Crippen LogP contribution in [0.15, 0.2) is 28.9 Å². The van der Waals surface area contributed by atoms with Gasteiger partial charge in [0, 0.05) is 27.0 Å². The Hall–Kier alpha value is -0.870. The van der Waals surface area contributed by atoms with Gasteiger partial charge in [-0.3, -0.25) is 10.1 Å². The van der Waals surface area contributed by atoms with Crippen molar-refractivity contribution >= 4 is 33.6 Å². The van der Waals surface area contributed by atoms with E-state index in [2.05, 4.69) is 15.9 Å². The fourth-order valence-corrected chi connectivity index (χ4v) is 1.25. The van der Waals surface area contributed by atoms with Gasteiger partial charge in [0.15, 0.2) is 0 Å². The molecule has 0 fully saturated rings. The molecule has 68 valence electrons. The Morgan fingerprint density at radius 2 is 2.31 bits per heavy atom. The van der Waals surface area contributed by atoms with Gasteiger partial charge in [0.2, 0.25) is 0 Å². The molecule has 0 unspecified atom stereocenters. The van der Waals surface area contributed by atoms with Gasteiger partial charge in [0.05, 0.1) is 4.92 Å². The van der Waals surface area contributed by atoms with Crippen LogP contribution in [0.1, 0.15) is 5.56 Å². The van der Waals surface area contributed by atoms with Crippen molar-refractivity contribution in [2.45, 2.75) is 0 Å². The van der Waals surface area contributed by atoms with Crippen LogP contribution in [0.4, 0.5) is 0 Å². The van der Waals surface area contributed by atoms with Gasteiger partial charge in [-0.05, 0) is 17.7 Å². The van der Waals surface area contributed by atoms with Crippen LogP contribution >= 0.6 is 27.5 Å². The molecule has 0 saturated carbocycles. The minimum Gasteiger partial charge on any atom is -0.258 e. The van der Waals surface area contributed by atoms with Crippen molar-refractivity contribution < 1.29 is 4.92 Å². The standard InChI is InChI=1S/C8H5BrClNO2/c9-8(11(12)13)5-6-2-1-3-7(10)4-6/h1-5H/b8-5+. The molecule has 0 radical (unpaired) electrons. The second-order valence-electron chi connectivity index (χ2n) is 2.28. The highest BCUT2D eigenvalue weighted by atomic mass is 79.9. The summed E-state index contributed by atoms with van der Waals surface area (Å²) < 4.78 is -0.0882. The van der Waals surface area contributed by atoms with Gasteiger partial charge in [-0.2, -0.15) is 0 Å². The Morgan fingerprint density at radius 1 is 1.62 bits per heavy atom. The molecule has 0 spiro atoms. The molecular formula is C8H5BrClNO2. The van der Waals surface area contributed by atoms with Crippen molar-refractivity contribution in [3.05, 3.63) is 49.6 Å². The quantitative estimate of drug-likeness (QED) is 0.466. The van der Waals surface area contributed by atoms with Crippen LogP contribution in [-0.4, -0.2) is 4.92 Å². The third-order valence-electron chi connectivity index (χ3n) is 1.31. The van der Waals surface area contributed by atoms with Crippen LogP contribution < -0.4 is 0 Å². The van der Waals surface area contributed by atoms with Crippen molar-refractivity contribution in [2.24, 2.45) is 0 Å². The summed E-state index contributed by atoms with van der Waals surface area (Å²) in [6.45, 7) is 0. The molecule has 0 atom stereocenters. The molecule has 0 aliphatic rings. The van der Waals surface area contributed by atoms with Gasteiger partial charge in [-0.25, -0.2) is 0 Å². The van der Waals surface area contributed by atoms with Gasteiger partial charge < -0.3 is 0 Å². The van der Waals surface area contributed by atoms with Crippen molar-refractivity contribution in [3.8, 4) is 0 Å². The molecule has 1 rings (SSSR count). The van der Waals surface area contributed by atoms with Crippen LogP contribution in [0.3, 0.4) is 0 Å². The summed E-state index contributed by atoms with van der Waals surface area (Å²) in [5, 5.41) is 10.8. The number of benzene rings is 1. The molecule has 0 aliphatic carbocycles. The molecule has 0 N–H and O–H groups in total. The predicted molar refractivity (Wildman–Crippen MR) is 55.4 cm³/mol. The minimum absolute atomic E-state index is 0.0882. The van der Waals surface area contributed by atoms with Crippen molar-refractivity contribution in [3.63, 3.8) is 0 Å². The monoisotopic (exact) mass is 261 g/mol. The number of hydrogen-bond donors (Lipinski definition) is 0. The van der Waals surface area contributed by atoms with Crippen molar-refractivity contribution in [1.82, 2.24) is 0 Å². The largest absolute Gasteiger partial charge is 0.311 e. The smallest absolute Gasteiger partial charge is 0.258 e. The Morgan fingerprint density at radius 3 is 2.85 bits per heavy atom. The molecule has 1 aromatic carbocycles. The second-order valence-corrected chi connectivity index (χ2v) is 3.53. The van der Waals surface area contributed by atoms with Gasteiger partial charge in [0.25, 0.3) is 0 Å². The zero-order valence-electron chi connectivity index (χ0n) is 6.41. The third kappa shape index (κ3) is 3.16. The zero-order valence-corrected chi connectivity index (χ0v) is 8.75. The Bertz CT molecular complexity index is 365. The summed E-state index contributed by atoms with van der Waals surface area (Å²) in [7, 11) is 0. The predicted octanol–water partition coefficient (Wildman–Crippen LogP) is 3.31. The van der Waals surface area contributed by atoms with E-state index in [-0.39, 0.29) is 4.61 Å². The first-order valence-corrected chi connectivity index (χ1v) is 4.54. The summed E-state index contributed by atoms with van der Waals surface area (Å²) in [6.07, 6.45) is 1.39. The van der Waals surface area contributed by atoms with Gasteiger partial charge in [0.1, 0.15) is 0 Å². The highest BCUT2D eigenvalue weighted by Crippen LogP contribution is 2.16. The van der Waals surface area contributed by atoms with Crippen LogP contribution in [-0.2, 0) is 0 Å². The van der Waals surface area contributed by atoms with Gasteiger partial charge in [-0.15, -0.1) is 0 Å². The average Bonchev–Trinajstić information content (AvgIpc) is 2.04. The molecule has 0 saturated heterocycles. The fraction of sp³-hybridized carbons (Fsp3) is 0. The average molecular weight is 262 g/mol. The van der Waals surface area contributed by atoms with E-state index in [1.165, 1.54) is 6.08 Å². The van der Waals surface area contributed by atoms with E-state index in [1.54, 1.807) is 24.3 Å². The number of nitro groups is 1. The Kier molecular flexibility index (Phi) is 3.45. The second kappa shape index (κ2) is 4.39. The highest BCUT2D eigenvalue weighted by Gasteiger charge is 2.03. The summed E-state index contributed by atoms with van der Waals surface area (Å²) in [5.74, 6) is 0. The lowest BCUT2D eigenvalue weighted by Crippen LogP contribution is -1.89. The van der Waals surface area contributed by atoms with E-state index in [1.807, 2.05) is 0 Å². The van der Waals surface area contributed by atoms with E-state index in [4.69, 9.17) is 11.6 Å². The molecule has 5 heteroatoms. The lowest BCUT2D eigenvalue weighted by atomic mass is 10.2. The highest BCUT2D eigenvalue weighted by molar-refractivity contribution is 9.11. The van der Waals surface area contributed by atoms with E-state index < -0.39 is 4.92 Å². The maximum Gasteiger partial charge on any atom is 0.311 e. The number of nitrogens with zero attached hydrogens (tertiary/aromatic N) is 1. The lowest BCUT2D eigenvalue weighted by molar-refractivity contribution is -0.407. The zero-order chi connectivity index (χ0) is 9.84. The minimum atomic E-state index is -0.513. The van der Waals surface area contributed by atoms with E-state index in [0.717, 1.165) is 0 Å². The van der Waals surface area contributed by atoms with Crippen LogP contribution in [0.2, 0.25) is 5.02 Å². The summed E-state index contributed by atoms with van der Waals surface area (Å²) in [5.41, 5.74) is 0.691. The van der Waals surface area contributed by atoms with Crippen molar-refractivity contribution in [2.75, 3.05) is 0 Å². The molecule has 3 nitrogen and oxygen atoms in total. The first-order chi connectivity index (χ1) is 6.09. The first kappa shape index (κ1) is 10.2. The van der Waals surface area contributed by atoms with Crippen LogP contribution in [0.25, 0.3) is 6.08 Å². The number of halogens is 2. The summed E-state index contributed by atoms with van der Waals surface area (Å²) in [6, 6.07) is 6.82. The van der Waals surface area contributed by atoms with E-state index >= 15 is 0 Å². The molecule has 0 heterocycles. The maximum atomic E-state index is 10.2. The SMILES string of the molecule is O=[N+]([O-])/C(Br)=C/c1cccc(Cl)c1. The normalized spacial score (nSPS) is 11.4. The van der Waals surface area contributed by atoms with Gasteiger partial charge in [-0.1, -0.05) is 23.7 Å².